The van der Waals surface area contributed by atoms with Crippen LogP contribution in [0.4, 0.5) is 0 Å². The molecule has 0 amide bonds. The van der Waals surface area contributed by atoms with Crippen molar-refractivity contribution in [2.75, 3.05) is 6.61 Å². The van der Waals surface area contributed by atoms with E-state index in [4.69, 9.17) is 14.9 Å². The van der Waals surface area contributed by atoms with Crippen LogP contribution in [0.25, 0.3) is 0 Å². The molecule has 1 saturated heterocycles. The third-order valence-electron chi connectivity index (χ3n) is 1.87. The molecule has 4 radical (unpaired) electrons. The normalized spacial score (nSPS) is 36.9. The van der Waals surface area contributed by atoms with Crippen molar-refractivity contribution < 1.29 is 201 Å². The first-order valence-corrected chi connectivity index (χ1v) is 4.08. The number of ether oxygens (including phenoxy) is 1. The Morgan fingerprint density at radius 2 is 1.31 bits per heavy atom. The van der Waals surface area contributed by atoms with Gasteiger partial charge in [-0.3, -0.25) is 0 Å². The third kappa shape index (κ3) is 9.14. The molecule has 5 atom stereocenters. The quantitative estimate of drug-likeness (QED) is 0.192. The van der Waals surface area contributed by atoms with Crippen molar-refractivity contribution in [1.29, 1.82) is 0 Å². The third-order valence-corrected chi connectivity index (χ3v) is 2.29. The van der Waals surface area contributed by atoms with Crippen molar-refractivity contribution in [2.45, 2.75) is 29.9 Å². The Balaban J connectivity index is -0.000000180. The summed E-state index contributed by atoms with van der Waals surface area (Å²) in [6.07, 6.45) is -4.70. The van der Waals surface area contributed by atoms with Gasteiger partial charge in [-0.2, -0.15) is 0 Å². The second-order valence-corrected chi connectivity index (χ2v) is 3.23. The molecule has 5 nitrogen and oxygen atoms in total. The van der Waals surface area contributed by atoms with E-state index in [1.165, 1.54) is 0 Å². The van der Waals surface area contributed by atoms with Crippen molar-refractivity contribution in [3.8, 4) is 0 Å². The molecule has 1 aliphatic rings. The summed E-state index contributed by atoms with van der Waals surface area (Å²) in [7, 11) is 0. The summed E-state index contributed by atoms with van der Waals surface area (Å²) < 4.78 is 4.88. The summed E-state index contributed by atoms with van der Waals surface area (Å²) in [6.45, 7) is -0.415. The molecule has 84 valence electrons. The van der Waals surface area contributed by atoms with Crippen molar-refractivity contribution in [2.24, 2.45) is 0 Å². The Labute approximate surface area is 243 Å². The van der Waals surface area contributed by atoms with Crippen LogP contribution >= 0.6 is 12.6 Å². The molecule has 0 unspecified atom stereocenters. The maximum atomic E-state index is 9.20. The average molecular weight is 1100 g/mol. The van der Waals surface area contributed by atoms with Crippen molar-refractivity contribution in [3.05, 3.63) is 0 Å². The Hall–Kier alpha value is 5.92. The second kappa shape index (κ2) is 15.8. The number of rotatable bonds is 1. The van der Waals surface area contributed by atoms with E-state index >= 15 is 0 Å². The minimum Gasteiger partial charge on any atom is -0.394 e. The maximum absolute atomic E-state index is 9.20. The standard InChI is InChI=1S/C6H12O5S.4Ac/c7-1-2-3(8)4(9)5(10)6(12)11-2;;;;/h2-10,12H,1H2;;;;/t2-,3-,4+,5-,6+;;;;/m1..../s1. The van der Waals surface area contributed by atoms with E-state index in [1.807, 2.05) is 0 Å². The molecule has 1 rings (SSSR count). The fourth-order valence-corrected chi connectivity index (χ4v) is 1.41. The molecule has 0 aromatic rings. The van der Waals surface area contributed by atoms with E-state index in [0.717, 1.165) is 0 Å². The number of aliphatic hydroxyl groups is 4. The van der Waals surface area contributed by atoms with Gasteiger partial charge in [0.05, 0.1) is 6.61 Å². The van der Waals surface area contributed by atoms with E-state index in [-0.39, 0.29) is 176 Å². The van der Waals surface area contributed by atoms with Crippen LogP contribution in [0.2, 0.25) is 0 Å². The van der Waals surface area contributed by atoms with E-state index in [1.54, 1.807) is 0 Å². The van der Waals surface area contributed by atoms with Crippen molar-refractivity contribution in [1.82, 2.24) is 0 Å². The second-order valence-electron chi connectivity index (χ2n) is 2.72. The summed E-state index contributed by atoms with van der Waals surface area (Å²) in [4.78, 5) is 0. The SMILES string of the molecule is OC[C@H]1O[C@@H](S)[C@H](O)[C@@H](O)[C@@H]1O.[Ac].[Ac].[Ac].[Ac]. The fourth-order valence-electron chi connectivity index (χ4n) is 1.08. The number of thiol groups is 1. The molecule has 16 heavy (non-hydrogen) atoms. The molecular formula is C6H12Ac4O5S. The average Bonchev–Trinajstić information content (AvgIpc) is 2.08. The number of hydrogen-bond acceptors (Lipinski definition) is 6. The number of aliphatic hydroxyl groups excluding tert-OH is 4. The predicted octanol–water partition coefficient (Wildman–Crippen LogP) is -2.28. The zero-order valence-corrected chi connectivity index (χ0v) is 28.4. The Morgan fingerprint density at radius 3 is 1.69 bits per heavy atom. The molecule has 10 heteroatoms. The Morgan fingerprint density at radius 1 is 0.875 bits per heavy atom. The summed E-state index contributed by atoms with van der Waals surface area (Å²) in [6, 6.07) is 0. The molecule has 0 spiro atoms. The molecule has 4 N–H and O–H groups in total. The van der Waals surface area contributed by atoms with Crippen LogP contribution in [0.5, 0.6) is 0 Å². The molecule has 0 aliphatic carbocycles. The fraction of sp³-hybridized carbons (Fsp3) is 1.00. The minimum absolute atomic E-state index is 0. The molecule has 1 heterocycles. The largest absolute Gasteiger partial charge is 0.394 e. The van der Waals surface area contributed by atoms with Gasteiger partial charge >= 0.3 is 0 Å². The first-order valence-electron chi connectivity index (χ1n) is 3.56. The maximum Gasteiger partial charge on any atom is 0.129 e. The van der Waals surface area contributed by atoms with Gasteiger partial charge in [0.25, 0.3) is 0 Å². The van der Waals surface area contributed by atoms with E-state index in [9.17, 15) is 10.2 Å². The molecule has 0 aromatic carbocycles. The topological polar surface area (TPSA) is 90.2 Å². The van der Waals surface area contributed by atoms with Crippen LogP contribution in [0, 0.1) is 176 Å². The van der Waals surface area contributed by atoms with Crippen molar-refractivity contribution >= 4 is 12.6 Å². The summed E-state index contributed by atoms with van der Waals surface area (Å²) in [5.74, 6) is 0. The van der Waals surface area contributed by atoms with Gasteiger partial charge < -0.3 is 25.2 Å². The van der Waals surface area contributed by atoms with Gasteiger partial charge in [-0.15, -0.1) is 12.6 Å². The molecule has 1 aliphatic heterocycles. The van der Waals surface area contributed by atoms with Gasteiger partial charge in [0.2, 0.25) is 0 Å². The minimum atomic E-state index is -1.32. The van der Waals surface area contributed by atoms with Gasteiger partial charge in [-0.05, 0) is 0 Å². The molecule has 0 aromatic heterocycles. The van der Waals surface area contributed by atoms with Gasteiger partial charge in [-0.1, -0.05) is 0 Å². The van der Waals surface area contributed by atoms with Gasteiger partial charge in [0.1, 0.15) is 29.9 Å². The summed E-state index contributed by atoms with van der Waals surface area (Å²) in [5.41, 5.74) is -0.874. The Kier molecular flexibility index (Phi) is 29.5. The molecule has 1 fully saturated rings. The van der Waals surface area contributed by atoms with E-state index in [0.29, 0.717) is 0 Å². The Bertz CT molecular complexity index is 163. The van der Waals surface area contributed by atoms with Crippen LogP contribution in [0.3, 0.4) is 0 Å². The number of hydrogen-bond donors (Lipinski definition) is 5. The molecule has 0 saturated carbocycles. The van der Waals surface area contributed by atoms with Crippen LogP contribution in [-0.2, 0) is 4.74 Å². The summed E-state index contributed by atoms with van der Waals surface area (Å²) in [5, 5.41) is 36.2. The van der Waals surface area contributed by atoms with Crippen LogP contribution in [0.1, 0.15) is 0 Å². The van der Waals surface area contributed by atoms with Gasteiger partial charge in [-0.25, -0.2) is 0 Å². The zero-order valence-electron chi connectivity index (χ0n) is 8.55. The summed E-state index contributed by atoms with van der Waals surface area (Å²) >= 11 is 3.81. The first-order chi connectivity index (χ1) is 5.57. The van der Waals surface area contributed by atoms with Crippen LogP contribution in [-0.4, -0.2) is 56.9 Å². The predicted molar refractivity (Wildman–Crippen MR) is 42.8 cm³/mol. The zero-order chi connectivity index (χ0) is 9.30. The van der Waals surface area contributed by atoms with E-state index in [2.05, 4.69) is 12.6 Å². The van der Waals surface area contributed by atoms with Crippen LogP contribution in [0.15, 0.2) is 0 Å². The van der Waals surface area contributed by atoms with Gasteiger partial charge in [0.15, 0.2) is 0 Å². The smallest absolute Gasteiger partial charge is 0.129 e. The molecular weight excluding hydrogens is 1090 g/mol. The van der Waals surface area contributed by atoms with Crippen LogP contribution < -0.4 is 0 Å². The molecule has 0 bridgehead atoms. The first kappa shape index (κ1) is 29.9. The monoisotopic (exact) mass is 1100 g/mol. The van der Waals surface area contributed by atoms with E-state index < -0.39 is 36.5 Å². The van der Waals surface area contributed by atoms with Gasteiger partial charge in [0, 0.05) is 176 Å². The van der Waals surface area contributed by atoms with Crippen molar-refractivity contribution in [3.63, 3.8) is 0 Å².